The number of hydrogen-bond acceptors (Lipinski definition) is 6. The number of thiazole rings is 1. The normalized spacial score (nSPS) is 11.7. The maximum absolute atomic E-state index is 12.4. The molecule has 0 aromatic carbocycles. The van der Waals surface area contributed by atoms with Crippen LogP contribution in [0.3, 0.4) is 0 Å². The van der Waals surface area contributed by atoms with Crippen molar-refractivity contribution in [2.24, 2.45) is 14.1 Å². The molecule has 0 N–H and O–H groups in total. The van der Waals surface area contributed by atoms with Gasteiger partial charge in [0.05, 0.1) is 12.2 Å². The minimum Gasteiger partial charge on any atom is -0.298 e. The molecule has 4 aromatic heterocycles. The molecule has 0 fully saturated rings. The summed E-state index contributed by atoms with van der Waals surface area (Å²) in [6.45, 7) is 2.04. The highest BCUT2D eigenvalue weighted by molar-refractivity contribution is 9.10. The number of imidazole rings is 1. The van der Waals surface area contributed by atoms with Gasteiger partial charge >= 0.3 is 5.69 Å². The smallest absolute Gasteiger partial charge is 0.298 e. The van der Waals surface area contributed by atoms with E-state index < -0.39 is 11.2 Å². The van der Waals surface area contributed by atoms with Crippen molar-refractivity contribution in [1.29, 1.82) is 0 Å². The molecule has 0 aliphatic rings. The van der Waals surface area contributed by atoms with E-state index in [1.165, 1.54) is 29.0 Å². The summed E-state index contributed by atoms with van der Waals surface area (Å²) >= 11 is 4.72. The monoisotopic (exact) mass is 436 g/mol. The molecule has 0 saturated heterocycles. The van der Waals surface area contributed by atoms with Gasteiger partial charge in [-0.3, -0.25) is 27.7 Å². The lowest BCUT2D eigenvalue weighted by Gasteiger charge is -2.09. The fourth-order valence-electron chi connectivity index (χ4n) is 2.95. The second-order valence-electron chi connectivity index (χ2n) is 5.93. The van der Waals surface area contributed by atoms with Crippen molar-refractivity contribution < 1.29 is 0 Å². The standard InChI is InChI=1S/C15H13BrN6O3S/c1-7-6-26-14-17-8(4-9(23)22(7)14)5-21-11-10(18-13(21)16)12(24)20(3)15(25)19(11)2/h4,6H,5H2,1-3H3. The molecule has 0 atom stereocenters. The summed E-state index contributed by atoms with van der Waals surface area (Å²) in [4.78, 5) is 46.3. The van der Waals surface area contributed by atoms with Crippen molar-refractivity contribution >= 4 is 43.4 Å². The van der Waals surface area contributed by atoms with E-state index in [2.05, 4.69) is 25.9 Å². The Bertz CT molecular complexity index is 1370. The summed E-state index contributed by atoms with van der Waals surface area (Å²) in [6, 6.07) is 1.45. The topological polar surface area (TPSA) is 96.2 Å². The molecule has 0 spiro atoms. The summed E-state index contributed by atoms with van der Waals surface area (Å²) in [7, 11) is 2.98. The van der Waals surface area contributed by atoms with E-state index in [9.17, 15) is 14.4 Å². The predicted octanol–water partition coefficient (Wildman–Crippen LogP) is 0.622. The molecule has 0 radical (unpaired) electrons. The van der Waals surface area contributed by atoms with Gasteiger partial charge in [-0.05, 0) is 22.9 Å². The summed E-state index contributed by atoms with van der Waals surface area (Å²) in [5, 5.41) is 1.86. The Morgan fingerprint density at radius 2 is 1.88 bits per heavy atom. The second-order valence-corrected chi connectivity index (χ2v) is 7.47. The molecular weight excluding hydrogens is 424 g/mol. The fraction of sp³-hybridized carbons (Fsp3) is 0.267. The van der Waals surface area contributed by atoms with Gasteiger partial charge in [0, 0.05) is 31.2 Å². The number of hydrogen-bond donors (Lipinski definition) is 0. The molecule has 4 heterocycles. The SMILES string of the molecule is Cc1csc2nc(Cn3c(Br)nc4c(=O)n(C)c(=O)n(C)c43)cc(=O)n12. The van der Waals surface area contributed by atoms with Gasteiger partial charge in [0.2, 0.25) is 0 Å². The first-order valence-electron chi connectivity index (χ1n) is 7.58. The van der Waals surface area contributed by atoms with Gasteiger partial charge in [0.25, 0.3) is 11.1 Å². The van der Waals surface area contributed by atoms with Crippen molar-refractivity contribution in [1.82, 2.24) is 28.1 Å². The molecular formula is C15H13BrN6O3S. The Hall–Kier alpha value is -2.53. The highest BCUT2D eigenvalue weighted by Crippen LogP contribution is 2.18. The number of nitrogens with zero attached hydrogens (tertiary/aromatic N) is 6. The second kappa shape index (κ2) is 5.74. The van der Waals surface area contributed by atoms with E-state index in [0.29, 0.717) is 21.0 Å². The van der Waals surface area contributed by atoms with Crippen molar-refractivity contribution in [2.45, 2.75) is 13.5 Å². The highest BCUT2D eigenvalue weighted by atomic mass is 79.9. The minimum absolute atomic E-state index is 0.172. The number of rotatable bonds is 2. The molecule has 11 heteroatoms. The summed E-state index contributed by atoms with van der Waals surface area (Å²) < 4.78 is 5.94. The zero-order valence-electron chi connectivity index (χ0n) is 14.1. The van der Waals surface area contributed by atoms with Crippen LogP contribution in [0.25, 0.3) is 16.1 Å². The fourth-order valence-corrected chi connectivity index (χ4v) is 4.31. The van der Waals surface area contributed by atoms with Crippen LogP contribution in [0.2, 0.25) is 0 Å². The maximum Gasteiger partial charge on any atom is 0.332 e. The predicted molar refractivity (Wildman–Crippen MR) is 101 cm³/mol. The van der Waals surface area contributed by atoms with Crippen molar-refractivity contribution in [3.8, 4) is 0 Å². The van der Waals surface area contributed by atoms with Crippen molar-refractivity contribution in [2.75, 3.05) is 0 Å². The third-order valence-corrected chi connectivity index (χ3v) is 5.79. The van der Waals surface area contributed by atoms with E-state index >= 15 is 0 Å². The van der Waals surface area contributed by atoms with E-state index in [0.717, 1.165) is 10.3 Å². The lowest BCUT2D eigenvalue weighted by molar-refractivity contribution is 0.680. The van der Waals surface area contributed by atoms with Gasteiger partial charge in [-0.1, -0.05) is 0 Å². The van der Waals surface area contributed by atoms with Gasteiger partial charge in [-0.15, -0.1) is 11.3 Å². The van der Waals surface area contributed by atoms with Gasteiger partial charge in [0.15, 0.2) is 20.9 Å². The molecule has 0 saturated carbocycles. The molecule has 0 aliphatic heterocycles. The molecule has 134 valence electrons. The van der Waals surface area contributed by atoms with Crippen LogP contribution in [-0.2, 0) is 20.6 Å². The van der Waals surface area contributed by atoms with Crippen LogP contribution in [0.5, 0.6) is 0 Å². The highest BCUT2D eigenvalue weighted by Gasteiger charge is 2.18. The Labute approximate surface area is 157 Å². The van der Waals surface area contributed by atoms with E-state index in [1.54, 1.807) is 16.0 Å². The van der Waals surface area contributed by atoms with Crippen LogP contribution in [-0.4, -0.2) is 28.1 Å². The quantitative estimate of drug-likeness (QED) is 0.429. The number of fused-ring (bicyclic) bond motifs is 2. The largest absolute Gasteiger partial charge is 0.332 e. The molecule has 0 bridgehead atoms. The first-order valence-corrected chi connectivity index (χ1v) is 9.25. The molecule has 0 aliphatic carbocycles. The van der Waals surface area contributed by atoms with E-state index in [1.807, 2.05) is 12.3 Å². The van der Waals surface area contributed by atoms with Crippen LogP contribution in [0, 0.1) is 6.92 Å². The van der Waals surface area contributed by atoms with Gasteiger partial charge in [-0.2, -0.15) is 0 Å². The summed E-state index contributed by atoms with van der Waals surface area (Å²) in [5.41, 5.74) is 0.794. The van der Waals surface area contributed by atoms with Crippen molar-refractivity contribution in [3.05, 3.63) is 58.8 Å². The molecule has 4 aromatic rings. The number of aromatic nitrogens is 6. The minimum atomic E-state index is -0.472. The molecule has 9 nitrogen and oxygen atoms in total. The lowest BCUT2D eigenvalue weighted by Crippen LogP contribution is -2.37. The Balaban J connectivity index is 1.96. The number of aryl methyl sites for hydroxylation is 2. The van der Waals surface area contributed by atoms with Crippen LogP contribution >= 0.6 is 27.3 Å². The molecule has 0 amide bonds. The zero-order chi connectivity index (χ0) is 18.7. The third kappa shape index (κ3) is 2.31. The van der Waals surface area contributed by atoms with Gasteiger partial charge < -0.3 is 0 Å². The van der Waals surface area contributed by atoms with Crippen LogP contribution < -0.4 is 16.8 Å². The molecule has 4 rings (SSSR count). The van der Waals surface area contributed by atoms with Crippen LogP contribution in [0.15, 0.2) is 30.6 Å². The average Bonchev–Trinajstić information content (AvgIpc) is 3.12. The van der Waals surface area contributed by atoms with Gasteiger partial charge in [0.1, 0.15) is 0 Å². The maximum atomic E-state index is 12.4. The Kier molecular flexibility index (Phi) is 3.74. The van der Waals surface area contributed by atoms with Crippen LogP contribution in [0.1, 0.15) is 11.4 Å². The lowest BCUT2D eigenvalue weighted by atomic mass is 10.4. The van der Waals surface area contributed by atoms with Gasteiger partial charge in [-0.25, -0.2) is 14.8 Å². The first-order chi connectivity index (χ1) is 12.3. The molecule has 0 unspecified atom stereocenters. The summed E-state index contributed by atoms with van der Waals surface area (Å²) in [6.07, 6.45) is 0. The van der Waals surface area contributed by atoms with Crippen LogP contribution in [0.4, 0.5) is 0 Å². The number of halogens is 1. The van der Waals surface area contributed by atoms with Crippen molar-refractivity contribution in [3.63, 3.8) is 0 Å². The zero-order valence-corrected chi connectivity index (χ0v) is 16.5. The third-order valence-electron chi connectivity index (χ3n) is 4.24. The Morgan fingerprint density at radius 1 is 1.15 bits per heavy atom. The van der Waals surface area contributed by atoms with E-state index in [-0.39, 0.29) is 17.6 Å². The van der Waals surface area contributed by atoms with E-state index in [4.69, 9.17) is 0 Å². The summed E-state index contributed by atoms with van der Waals surface area (Å²) in [5.74, 6) is 0. The Morgan fingerprint density at radius 3 is 2.62 bits per heavy atom. The molecule has 26 heavy (non-hydrogen) atoms. The first kappa shape index (κ1) is 16.9. The average molecular weight is 437 g/mol.